The van der Waals surface area contributed by atoms with Crippen LogP contribution in [0.4, 0.5) is 0 Å². The van der Waals surface area contributed by atoms with Gasteiger partial charge < -0.3 is 0 Å². The molecule has 2 aliphatic carbocycles. The number of benzene rings is 1. The molecule has 2 fully saturated rings. The number of halogens is 1. The topological polar surface area (TPSA) is 6.48 Å². The van der Waals surface area contributed by atoms with Gasteiger partial charge in [0.2, 0.25) is 0 Å². The van der Waals surface area contributed by atoms with Gasteiger partial charge >= 0.3 is 0 Å². The highest BCUT2D eigenvalue weighted by atomic mass is 35.5. The van der Waals surface area contributed by atoms with E-state index in [-0.39, 0.29) is 0 Å². The van der Waals surface area contributed by atoms with Crippen LogP contribution in [0.5, 0.6) is 0 Å². The summed E-state index contributed by atoms with van der Waals surface area (Å²) in [6.07, 6.45) is 6.71. The summed E-state index contributed by atoms with van der Waals surface area (Å²) in [6, 6.07) is 9.41. The van der Waals surface area contributed by atoms with Crippen molar-refractivity contribution < 1.29 is 0 Å². The second-order valence-electron chi connectivity index (χ2n) is 8.46. The smallest absolute Gasteiger partial charge is 0.0409 e. The van der Waals surface area contributed by atoms with Gasteiger partial charge in [0.05, 0.1) is 0 Å². The first-order chi connectivity index (χ1) is 12.7. The van der Waals surface area contributed by atoms with Crippen molar-refractivity contribution in [1.82, 2.24) is 9.80 Å². The standard InChI is InChI=1S/C22H27ClN2S/c1-24-9-10-25(15-22(24)7-2-3-8-22)21-13-19(16-6-11-26-14-16)18-5-4-17(23)12-20(18)21/h4-6,11-12,14,19,21H,2-3,7-10,13,15H2,1H3. The zero-order valence-electron chi connectivity index (χ0n) is 15.5. The molecule has 26 heavy (non-hydrogen) atoms. The minimum atomic E-state index is 0.414. The lowest BCUT2D eigenvalue weighted by atomic mass is 9.90. The van der Waals surface area contributed by atoms with Crippen molar-refractivity contribution in [2.24, 2.45) is 0 Å². The minimum absolute atomic E-state index is 0.414. The number of likely N-dealkylation sites (N-methyl/N-ethyl adjacent to an activating group) is 1. The molecule has 1 aliphatic heterocycles. The Labute approximate surface area is 165 Å². The molecule has 2 nitrogen and oxygen atoms in total. The van der Waals surface area contributed by atoms with Gasteiger partial charge in [-0.1, -0.05) is 30.5 Å². The van der Waals surface area contributed by atoms with Crippen molar-refractivity contribution in [1.29, 1.82) is 0 Å². The molecular weight excluding hydrogens is 360 g/mol. The molecule has 1 aromatic carbocycles. The number of thiophene rings is 1. The molecule has 0 radical (unpaired) electrons. The van der Waals surface area contributed by atoms with Crippen molar-refractivity contribution in [3.8, 4) is 0 Å². The van der Waals surface area contributed by atoms with Crippen molar-refractivity contribution in [2.75, 3.05) is 26.7 Å². The van der Waals surface area contributed by atoms with E-state index >= 15 is 0 Å². The van der Waals surface area contributed by atoms with Gasteiger partial charge in [-0.05, 0) is 72.0 Å². The van der Waals surface area contributed by atoms with Gasteiger partial charge in [0.25, 0.3) is 0 Å². The fraction of sp³-hybridized carbons (Fsp3) is 0.545. The molecule has 2 aromatic rings. The molecule has 138 valence electrons. The van der Waals surface area contributed by atoms with Crippen molar-refractivity contribution in [3.63, 3.8) is 0 Å². The molecule has 1 saturated carbocycles. The van der Waals surface area contributed by atoms with Crippen LogP contribution in [0.25, 0.3) is 0 Å². The van der Waals surface area contributed by atoms with E-state index in [1.165, 1.54) is 68.4 Å². The van der Waals surface area contributed by atoms with E-state index < -0.39 is 0 Å². The molecule has 4 heteroatoms. The van der Waals surface area contributed by atoms with Gasteiger partial charge in [-0.25, -0.2) is 0 Å². The third kappa shape index (κ3) is 2.75. The molecule has 5 rings (SSSR count). The maximum absolute atomic E-state index is 6.42. The number of fused-ring (bicyclic) bond motifs is 1. The monoisotopic (exact) mass is 386 g/mol. The highest BCUT2D eigenvalue weighted by Crippen LogP contribution is 2.49. The van der Waals surface area contributed by atoms with Crippen LogP contribution in [-0.2, 0) is 0 Å². The summed E-state index contributed by atoms with van der Waals surface area (Å²) in [7, 11) is 2.34. The Morgan fingerprint density at radius 1 is 1.12 bits per heavy atom. The summed E-state index contributed by atoms with van der Waals surface area (Å²) in [5.41, 5.74) is 4.87. The van der Waals surface area contributed by atoms with Crippen molar-refractivity contribution in [3.05, 3.63) is 56.7 Å². The van der Waals surface area contributed by atoms with Gasteiger partial charge in [-0.15, -0.1) is 0 Å². The molecule has 2 heterocycles. The van der Waals surface area contributed by atoms with Crippen molar-refractivity contribution >= 4 is 22.9 Å². The fourth-order valence-electron chi connectivity index (χ4n) is 5.70. The highest BCUT2D eigenvalue weighted by Gasteiger charge is 2.45. The quantitative estimate of drug-likeness (QED) is 0.668. The zero-order chi connectivity index (χ0) is 17.7. The molecule has 2 atom stereocenters. The van der Waals surface area contributed by atoms with E-state index in [1.54, 1.807) is 0 Å². The van der Waals surface area contributed by atoms with Gasteiger partial charge in [0.15, 0.2) is 0 Å². The summed E-state index contributed by atoms with van der Waals surface area (Å²) in [6.45, 7) is 3.58. The molecule has 0 N–H and O–H groups in total. The third-order valence-corrected chi connectivity index (χ3v) is 8.13. The van der Waals surface area contributed by atoms with Gasteiger partial charge in [-0.2, -0.15) is 11.3 Å². The maximum atomic E-state index is 6.42. The van der Waals surface area contributed by atoms with Crippen molar-refractivity contribution in [2.45, 2.75) is 49.6 Å². The Balaban J connectivity index is 1.49. The summed E-state index contributed by atoms with van der Waals surface area (Å²) in [5.74, 6) is 0.526. The molecule has 0 bridgehead atoms. The first-order valence-corrected chi connectivity index (χ1v) is 11.3. The first kappa shape index (κ1) is 17.2. The van der Waals surface area contributed by atoms with Crippen LogP contribution >= 0.6 is 22.9 Å². The van der Waals surface area contributed by atoms with Crippen LogP contribution in [0.15, 0.2) is 35.0 Å². The molecule has 1 saturated heterocycles. The predicted octanol–water partition coefficient (Wildman–Crippen LogP) is 5.54. The molecular formula is C22H27ClN2S. The summed E-state index contributed by atoms with van der Waals surface area (Å²) >= 11 is 8.23. The van der Waals surface area contributed by atoms with Crippen LogP contribution in [0.3, 0.4) is 0 Å². The Morgan fingerprint density at radius 2 is 1.96 bits per heavy atom. The van der Waals surface area contributed by atoms with Gasteiger partial charge in [0, 0.05) is 42.2 Å². The van der Waals surface area contributed by atoms with E-state index in [1.807, 2.05) is 11.3 Å². The second kappa shape index (κ2) is 6.63. The SMILES string of the molecule is CN1CCN(C2CC(c3ccsc3)c3ccc(Cl)cc32)CC12CCCC2. The van der Waals surface area contributed by atoms with Gasteiger partial charge in [-0.3, -0.25) is 9.80 Å². The Kier molecular flexibility index (Phi) is 4.40. The fourth-order valence-corrected chi connectivity index (χ4v) is 6.59. The molecule has 1 spiro atoms. The van der Waals surface area contributed by atoms with E-state index in [9.17, 15) is 0 Å². The Morgan fingerprint density at radius 3 is 2.73 bits per heavy atom. The maximum Gasteiger partial charge on any atom is 0.0409 e. The summed E-state index contributed by atoms with van der Waals surface area (Å²) in [4.78, 5) is 5.44. The number of piperazine rings is 1. The van der Waals surface area contributed by atoms with Gasteiger partial charge in [0.1, 0.15) is 0 Å². The van der Waals surface area contributed by atoms with E-state index in [0.29, 0.717) is 17.5 Å². The lowest BCUT2D eigenvalue weighted by molar-refractivity contribution is -0.00181. The Bertz CT molecular complexity index is 781. The Hall–Kier alpha value is -0.870. The second-order valence-corrected chi connectivity index (χ2v) is 9.67. The third-order valence-electron chi connectivity index (χ3n) is 7.19. The predicted molar refractivity (Wildman–Crippen MR) is 110 cm³/mol. The molecule has 1 aromatic heterocycles. The zero-order valence-corrected chi connectivity index (χ0v) is 17.0. The number of nitrogens with zero attached hydrogens (tertiary/aromatic N) is 2. The number of hydrogen-bond donors (Lipinski definition) is 0. The summed E-state index contributed by atoms with van der Waals surface area (Å²) in [5, 5.41) is 5.42. The first-order valence-electron chi connectivity index (χ1n) is 9.93. The van der Waals surface area contributed by atoms with Crippen LogP contribution < -0.4 is 0 Å². The van der Waals surface area contributed by atoms with E-state index in [0.717, 1.165) is 5.02 Å². The summed E-state index contributed by atoms with van der Waals surface area (Å²) < 4.78 is 0. The normalized spacial score (nSPS) is 28.7. The lowest BCUT2D eigenvalue weighted by Crippen LogP contribution is -2.59. The van der Waals surface area contributed by atoms with Crippen LogP contribution in [0.1, 0.15) is 60.8 Å². The minimum Gasteiger partial charge on any atom is -0.298 e. The van der Waals surface area contributed by atoms with Crippen LogP contribution in [0, 0.1) is 0 Å². The van der Waals surface area contributed by atoms with E-state index in [4.69, 9.17) is 11.6 Å². The largest absolute Gasteiger partial charge is 0.298 e. The average Bonchev–Trinajstić information content (AvgIpc) is 3.37. The van der Waals surface area contributed by atoms with E-state index in [2.05, 4.69) is 51.9 Å². The molecule has 0 amide bonds. The average molecular weight is 387 g/mol. The van der Waals surface area contributed by atoms with Crippen LogP contribution in [0.2, 0.25) is 5.02 Å². The highest BCUT2D eigenvalue weighted by molar-refractivity contribution is 7.08. The molecule has 3 aliphatic rings. The number of rotatable bonds is 2. The lowest BCUT2D eigenvalue weighted by Gasteiger charge is -2.49. The molecule has 2 unspecified atom stereocenters. The number of hydrogen-bond acceptors (Lipinski definition) is 3. The van der Waals surface area contributed by atoms with Crippen LogP contribution in [-0.4, -0.2) is 42.0 Å².